The van der Waals surface area contributed by atoms with E-state index in [0.29, 0.717) is 18.9 Å². The third kappa shape index (κ3) is 4.52. The SMILES string of the molecule is O=C(C[C@H]1Cc2cccc(C(=O)O)c2OB1O)CN1CCC(c2nccs2)CC1. The number of para-hydroxylation sites is 1. The van der Waals surface area contributed by atoms with Crippen LogP contribution in [-0.4, -0.2) is 58.5 Å². The number of thiazole rings is 1. The number of fused-ring (bicyclic) bond motifs is 1. The molecule has 29 heavy (non-hydrogen) atoms. The molecule has 2 aliphatic heterocycles. The summed E-state index contributed by atoms with van der Waals surface area (Å²) in [6, 6.07) is 4.90. The number of Topliss-reactive ketones (excluding diaryl/α,β-unsaturated/α-hetero) is 1. The molecule has 1 aromatic carbocycles. The van der Waals surface area contributed by atoms with Crippen molar-refractivity contribution in [1.29, 1.82) is 0 Å². The number of piperidine rings is 1. The van der Waals surface area contributed by atoms with Crippen LogP contribution in [0.5, 0.6) is 5.75 Å². The van der Waals surface area contributed by atoms with Gasteiger partial charge in [-0.2, -0.15) is 0 Å². The van der Waals surface area contributed by atoms with E-state index in [1.54, 1.807) is 23.5 Å². The molecule has 0 spiro atoms. The highest BCUT2D eigenvalue weighted by molar-refractivity contribution is 7.09. The van der Waals surface area contributed by atoms with Crippen molar-refractivity contribution in [2.75, 3.05) is 19.6 Å². The Morgan fingerprint density at radius 2 is 2.10 bits per heavy atom. The highest BCUT2D eigenvalue weighted by Gasteiger charge is 2.38. The topological polar surface area (TPSA) is 100.0 Å². The summed E-state index contributed by atoms with van der Waals surface area (Å²) in [6.07, 6.45) is 4.48. The van der Waals surface area contributed by atoms with E-state index in [-0.39, 0.29) is 29.3 Å². The van der Waals surface area contributed by atoms with E-state index in [4.69, 9.17) is 4.65 Å². The fourth-order valence-electron chi connectivity index (χ4n) is 4.21. The number of carbonyl (C=O) groups is 2. The molecule has 4 rings (SSSR count). The van der Waals surface area contributed by atoms with Crippen molar-refractivity contribution in [3.63, 3.8) is 0 Å². The minimum atomic E-state index is -1.18. The van der Waals surface area contributed by atoms with Gasteiger partial charge in [0.05, 0.1) is 17.1 Å². The summed E-state index contributed by atoms with van der Waals surface area (Å²) in [5.41, 5.74) is 0.756. The second kappa shape index (κ2) is 8.65. The molecular weight excluding hydrogens is 391 g/mol. The summed E-state index contributed by atoms with van der Waals surface area (Å²) in [4.78, 5) is 30.5. The zero-order chi connectivity index (χ0) is 20.4. The largest absolute Gasteiger partial charge is 0.535 e. The Balaban J connectivity index is 1.31. The molecule has 1 saturated heterocycles. The van der Waals surface area contributed by atoms with Crippen molar-refractivity contribution in [1.82, 2.24) is 9.88 Å². The molecule has 2 N–H and O–H groups in total. The van der Waals surface area contributed by atoms with E-state index in [9.17, 15) is 19.7 Å². The van der Waals surface area contributed by atoms with Crippen molar-refractivity contribution >= 4 is 30.2 Å². The number of likely N-dealkylation sites (tertiary alicyclic amines) is 1. The molecule has 9 heteroatoms. The number of benzene rings is 1. The van der Waals surface area contributed by atoms with Crippen LogP contribution < -0.4 is 4.65 Å². The molecule has 0 bridgehead atoms. The number of hydrogen-bond acceptors (Lipinski definition) is 7. The van der Waals surface area contributed by atoms with Crippen LogP contribution in [0.3, 0.4) is 0 Å². The van der Waals surface area contributed by atoms with Crippen molar-refractivity contribution in [3.8, 4) is 5.75 Å². The highest BCUT2D eigenvalue weighted by atomic mass is 32.1. The van der Waals surface area contributed by atoms with Gasteiger partial charge in [0.25, 0.3) is 0 Å². The van der Waals surface area contributed by atoms with Gasteiger partial charge in [-0.15, -0.1) is 11.3 Å². The first-order valence-electron chi connectivity index (χ1n) is 9.84. The summed E-state index contributed by atoms with van der Waals surface area (Å²) in [5, 5.41) is 22.8. The smallest absolute Gasteiger partial charge is 0.526 e. The predicted molar refractivity (Wildman–Crippen MR) is 110 cm³/mol. The number of ketones is 1. The molecule has 2 aromatic rings. The van der Waals surface area contributed by atoms with Crippen LogP contribution in [-0.2, 0) is 11.2 Å². The first-order chi connectivity index (χ1) is 14.0. The maximum Gasteiger partial charge on any atom is 0.526 e. The van der Waals surface area contributed by atoms with Crippen molar-refractivity contribution in [2.45, 2.75) is 37.4 Å². The van der Waals surface area contributed by atoms with Gasteiger partial charge < -0.3 is 14.8 Å². The van der Waals surface area contributed by atoms with Gasteiger partial charge in [0.2, 0.25) is 0 Å². The van der Waals surface area contributed by atoms with Crippen molar-refractivity contribution in [2.24, 2.45) is 0 Å². The van der Waals surface area contributed by atoms with E-state index in [1.165, 1.54) is 11.1 Å². The molecule has 7 nitrogen and oxygen atoms in total. The van der Waals surface area contributed by atoms with Crippen molar-refractivity contribution in [3.05, 3.63) is 45.9 Å². The minimum absolute atomic E-state index is 0.0365. The van der Waals surface area contributed by atoms with E-state index in [2.05, 4.69) is 9.88 Å². The van der Waals surface area contributed by atoms with Gasteiger partial charge in [-0.25, -0.2) is 9.78 Å². The highest BCUT2D eigenvalue weighted by Crippen LogP contribution is 2.36. The quantitative estimate of drug-likeness (QED) is 0.701. The molecule has 2 aliphatic rings. The van der Waals surface area contributed by atoms with Crippen LogP contribution in [0.15, 0.2) is 29.8 Å². The standard InChI is InChI=1S/C20H23BN2O5S/c24-16(12-23-7-4-13(5-8-23)19-22-6-9-29-19)11-15-10-14-2-1-3-17(20(25)26)18(14)28-21(15)27/h1-3,6,9,13,15,27H,4-5,7-8,10-12H2,(H,25,26)/t15-/m1/s1. The molecule has 3 heterocycles. The van der Waals surface area contributed by atoms with Gasteiger partial charge in [0, 0.05) is 29.7 Å². The summed E-state index contributed by atoms with van der Waals surface area (Å²) in [7, 11) is -1.18. The number of aromatic carboxylic acids is 1. The van der Waals surface area contributed by atoms with Gasteiger partial charge in [0.15, 0.2) is 0 Å². The fraction of sp³-hybridized carbons (Fsp3) is 0.450. The summed E-state index contributed by atoms with van der Waals surface area (Å²) in [5.74, 6) is -0.699. The van der Waals surface area contributed by atoms with Gasteiger partial charge in [-0.1, -0.05) is 12.1 Å². The lowest BCUT2D eigenvalue weighted by atomic mass is 9.64. The van der Waals surface area contributed by atoms with Gasteiger partial charge in [-0.3, -0.25) is 9.69 Å². The second-order valence-electron chi connectivity index (χ2n) is 7.74. The first-order valence-corrected chi connectivity index (χ1v) is 10.7. The monoisotopic (exact) mass is 414 g/mol. The maximum absolute atomic E-state index is 12.6. The molecule has 1 atom stereocenters. The lowest BCUT2D eigenvalue weighted by Crippen LogP contribution is -2.39. The lowest BCUT2D eigenvalue weighted by Gasteiger charge is -2.31. The van der Waals surface area contributed by atoms with Crippen LogP contribution in [0.25, 0.3) is 0 Å². The first kappa shape index (κ1) is 20.1. The second-order valence-corrected chi connectivity index (χ2v) is 8.66. The Labute approximate surface area is 173 Å². The summed E-state index contributed by atoms with van der Waals surface area (Å²) >= 11 is 1.69. The Bertz CT molecular complexity index is 883. The van der Waals surface area contributed by atoms with Gasteiger partial charge in [0.1, 0.15) is 11.5 Å². The number of rotatable bonds is 6. The van der Waals surface area contributed by atoms with Crippen LogP contribution in [0.4, 0.5) is 0 Å². The van der Waals surface area contributed by atoms with Crippen LogP contribution >= 0.6 is 11.3 Å². The van der Waals surface area contributed by atoms with Crippen LogP contribution in [0, 0.1) is 0 Å². The lowest BCUT2D eigenvalue weighted by molar-refractivity contribution is -0.120. The van der Waals surface area contributed by atoms with E-state index >= 15 is 0 Å². The zero-order valence-corrected chi connectivity index (χ0v) is 16.8. The minimum Gasteiger partial charge on any atom is -0.535 e. The molecule has 0 radical (unpaired) electrons. The average molecular weight is 414 g/mol. The maximum atomic E-state index is 12.6. The number of hydrogen-bond donors (Lipinski definition) is 2. The molecule has 0 unspecified atom stereocenters. The molecule has 152 valence electrons. The fourth-order valence-corrected chi connectivity index (χ4v) is 5.02. The Hall–Kier alpha value is -2.23. The Morgan fingerprint density at radius 3 is 2.79 bits per heavy atom. The predicted octanol–water partition coefficient (Wildman–Crippen LogP) is 2.47. The third-order valence-electron chi connectivity index (χ3n) is 5.73. The Morgan fingerprint density at radius 1 is 1.31 bits per heavy atom. The normalized spacial score (nSPS) is 20.2. The molecule has 1 fully saturated rings. The molecular formula is C20H23BN2O5S. The molecule has 0 aliphatic carbocycles. The summed E-state index contributed by atoms with van der Waals surface area (Å²) in [6.45, 7) is 2.10. The number of carboxylic acid groups (broad SMARTS) is 1. The van der Waals surface area contributed by atoms with Crippen LogP contribution in [0.1, 0.15) is 46.1 Å². The number of nitrogens with zero attached hydrogens (tertiary/aromatic N) is 2. The number of carbonyl (C=O) groups excluding carboxylic acids is 1. The molecule has 0 saturated carbocycles. The van der Waals surface area contributed by atoms with E-state index < -0.39 is 13.1 Å². The number of carboxylic acids is 1. The third-order valence-corrected chi connectivity index (χ3v) is 6.67. The molecule has 0 amide bonds. The van der Waals surface area contributed by atoms with Gasteiger partial charge in [-0.05, 0) is 44.0 Å². The van der Waals surface area contributed by atoms with E-state index in [0.717, 1.165) is 31.5 Å². The van der Waals surface area contributed by atoms with E-state index in [1.807, 2.05) is 11.6 Å². The van der Waals surface area contributed by atoms with Crippen molar-refractivity contribution < 1.29 is 24.4 Å². The zero-order valence-electron chi connectivity index (χ0n) is 16.0. The van der Waals surface area contributed by atoms with Gasteiger partial charge >= 0.3 is 13.1 Å². The number of aromatic nitrogens is 1. The average Bonchev–Trinajstić information content (AvgIpc) is 3.23. The summed E-state index contributed by atoms with van der Waals surface area (Å²) < 4.78 is 5.49. The van der Waals surface area contributed by atoms with Crippen LogP contribution in [0.2, 0.25) is 5.82 Å². The Kier molecular flexibility index (Phi) is 5.98. The molecule has 1 aromatic heterocycles.